The number of aromatic nitrogens is 3. The SMILES string of the molecule is Cc1ncc2c(c(C)nn2C)c1F. The Balaban J connectivity index is 2.98. The largest absolute Gasteiger partial charge is 0.266 e. The maximum absolute atomic E-state index is 13.6. The van der Waals surface area contributed by atoms with E-state index < -0.39 is 0 Å². The second-order valence-corrected chi connectivity index (χ2v) is 3.13. The molecule has 4 heteroatoms. The predicted molar refractivity (Wildman–Crippen MR) is 47.9 cm³/mol. The van der Waals surface area contributed by atoms with Crippen LogP contribution in [0.1, 0.15) is 11.4 Å². The van der Waals surface area contributed by atoms with Crippen molar-refractivity contribution in [3.63, 3.8) is 0 Å². The van der Waals surface area contributed by atoms with E-state index in [9.17, 15) is 4.39 Å². The maximum Gasteiger partial charge on any atom is 0.155 e. The highest BCUT2D eigenvalue weighted by Crippen LogP contribution is 2.21. The fraction of sp³-hybridized carbons (Fsp3) is 0.333. The van der Waals surface area contributed by atoms with E-state index in [1.54, 1.807) is 31.8 Å². The molecule has 2 aromatic heterocycles. The van der Waals surface area contributed by atoms with Gasteiger partial charge in [0.05, 0.1) is 28.5 Å². The van der Waals surface area contributed by atoms with E-state index in [-0.39, 0.29) is 5.82 Å². The molecule has 13 heavy (non-hydrogen) atoms. The summed E-state index contributed by atoms with van der Waals surface area (Å²) >= 11 is 0. The van der Waals surface area contributed by atoms with Gasteiger partial charge in [0.1, 0.15) is 0 Å². The van der Waals surface area contributed by atoms with Crippen LogP contribution in [0.3, 0.4) is 0 Å². The molecule has 0 amide bonds. The fourth-order valence-electron chi connectivity index (χ4n) is 1.49. The zero-order valence-electron chi connectivity index (χ0n) is 7.80. The van der Waals surface area contributed by atoms with Crippen LogP contribution in [0, 0.1) is 19.7 Å². The van der Waals surface area contributed by atoms with E-state index in [2.05, 4.69) is 10.1 Å². The Kier molecular flexibility index (Phi) is 1.58. The van der Waals surface area contributed by atoms with Gasteiger partial charge < -0.3 is 0 Å². The molecule has 0 aliphatic rings. The van der Waals surface area contributed by atoms with Crippen molar-refractivity contribution < 1.29 is 4.39 Å². The van der Waals surface area contributed by atoms with Crippen molar-refractivity contribution in [1.82, 2.24) is 14.8 Å². The van der Waals surface area contributed by atoms with Gasteiger partial charge >= 0.3 is 0 Å². The Morgan fingerprint density at radius 3 is 2.69 bits per heavy atom. The van der Waals surface area contributed by atoms with Crippen molar-refractivity contribution in [1.29, 1.82) is 0 Å². The Labute approximate surface area is 75.2 Å². The summed E-state index contributed by atoms with van der Waals surface area (Å²) in [5, 5.41) is 4.71. The Hall–Kier alpha value is -1.45. The lowest BCUT2D eigenvalue weighted by Crippen LogP contribution is -1.92. The van der Waals surface area contributed by atoms with Gasteiger partial charge in [0.15, 0.2) is 5.82 Å². The Bertz CT molecular complexity index is 473. The van der Waals surface area contributed by atoms with E-state index in [1.807, 2.05) is 0 Å². The number of hydrogen-bond acceptors (Lipinski definition) is 2. The topological polar surface area (TPSA) is 30.7 Å². The average molecular weight is 179 g/mol. The quantitative estimate of drug-likeness (QED) is 0.616. The van der Waals surface area contributed by atoms with Crippen LogP contribution in [0.2, 0.25) is 0 Å². The van der Waals surface area contributed by atoms with Gasteiger partial charge in [0.25, 0.3) is 0 Å². The third-order valence-corrected chi connectivity index (χ3v) is 2.18. The molecule has 3 nitrogen and oxygen atoms in total. The van der Waals surface area contributed by atoms with Gasteiger partial charge in [-0.05, 0) is 13.8 Å². The summed E-state index contributed by atoms with van der Waals surface area (Å²) in [6.45, 7) is 3.45. The second-order valence-electron chi connectivity index (χ2n) is 3.13. The molecule has 2 heterocycles. The van der Waals surface area contributed by atoms with Crippen molar-refractivity contribution in [3.8, 4) is 0 Å². The molecule has 2 rings (SSSR count). The van der Waals surface area contributed by atoms with E-state index in [0.717, 1.165) is 5.52 Å². The average Bonchev–Trinajstić information content (AvgIpc) is 2.35. The molecule has 0 N–H and O–H groups in total. The molecule has 0 fully saturated rings. The number of hydrogen-bond donors (Lipinski definition) is 0. The van der Waals surface area contributed by atoms with Crippen molar-refractivity contribution in [2.24, 2.45) is 7.05 Å². The van der Waals surface area contributed by atoms with E-state index >= 15 is 0 Å². The Morgan fingerprint density at radius 1 is 1.31 bits per heavy atom. The molecule has 0 atom stereocenters. The molecule has 0 aliphatic carbocycles. The summed E-state index contributed by atoms with van der Waals surface area (Å²) in [6, 6.07) is 0. The summed E-state index contributed by atoms with van der Waals surface area (Å²) in [7, 11) is 1.78. The molecule has 0 aromatic carbocycles. The zero-order chi connectivity index (χ0) is 9.59. The smallest absolute Gasteiger partial charge is 0.155 e. The number of aryl methyl sites for hydroxylation is 3. The van der Waals surface area contributed by atoms with Gasteiger partial charge in [-0.15, -0.1) is 0 Å². The van der Waals surface area contributed by atoms with Gasteiger partial charge in [-0.1, -0.05) is 0 Å². The fourth-order valence-corrected chi connectivity index (χ4v) is 1.49. The van der Waals surface area contributed by atoms with E-state index in [0.29, 0.717) is 16.8 Å². The molecule has 0 aliphatic heterocycles. The van der Waals surface area contributed by atoms with Crippen LogP contribution < -0.4 is 0 Å². The second kappa shape index (κ2) is 2.52. The highest BCUT2D eigenvalue weighted by molar-refractivity contribution is 5.82. The molecule has 0 saturated heterocycles. The zero-order valence-corrected chi connectivity index (χ0v) is 7.80. The van der Waals surface area contributed by atoms with Crippen LogP contribution in [-0.2, 0) is 7.05 Å². The number of nitrogens with zero attached hydrogens (tertiary/aromatic N) is 3. The van der Waals surface area contributed by atoms with Crippen LogP contribution in [0.4, 0.5) is 4.39 Å². The lowest BCUT2D eigenvalue weighted by Gasteiger charge is -1.97. The van der Waals surface area contributed by atoms with Crippen molar-refractivity contribution in [3.05, 3.63) is 23.4 Å². The molecule has 0 saturated carbocycles. The number of pyridine rings is 1. The molecular weight excluding hydrogens is 169 g/mol. The summed E-state index contributed by atoms with van der Waals surface area (Å²) in [4.78, 5) is 3.95. The van der Waals surface area contributed by atoms with Crippen molar-refractivity contribution in [2.75, 3.05) is 0 Å². The molecular formula is C9H10FN3. The summed E-state index contributed by atoms with van der Waals surface area (Å²) in [5.41, 5.74) is 1.87. The minimum absolute atomic E-state index is 0.261. The minimum Gasteiger partial charge on any atom is -0.266 e. The lowest BCUT2D eigenvalue weighted by molar-refractivity contribution is 0.622. The molecule has 0 radical (unpaired) electrons. The van der Waals surface area contributed by atoms with Crippen molar-refractivity contribution >= 4 is 10.9 Å². The van der Waals surface area contributed by atoms with Crippen LogP contribution in [0.15, 0.2) is 6.20 Å². The summed E-state index contributed by atoms with van der Waals surface area (Å²) < 4.78 is 15.2. The number of halogens is 1. The molecule has 0 bridgehead atoms. The molecule has 0 unspecified atom stereocenters. The number of fused-ring (bicyclic) bond motifs is 1. The van der Waals surface area contributed by atoms with Crippen LogP contribution in [-0.4, -0.2) is 14.8 Å². The molecule has 68 valence electrons. The van der Waals surface area contributed by atoms with Crippen LogP contribution in [0.25, 0.3) is 10.9 Å². The van der Waals surface area contributed by atoms with Gasteiger partial charge in [0.2, 0.25) is 0 Å². The normalized spacial score (nSPS) is 11.1. The summed E-state index contributed by atoms with van der Waals surface area (Å²) in [6.07, 6.45) is 1.65. The standard InChI is InChI=1S/C9H10FN3/c1-5-8-7(13(3)12-5)4-11-6(2)9(8)10/h4H,1-3H3. The van der Waals surface area contributed by atoms with E-state index in [4.69, 9.17) is 0 Å². The maximum atomic E-state index is 13.6. The van der Waals surface area contributed by atoms with E-state index in [1.165, 1.54) is 0 Å². The predicted octanol–water partition coefficient (Wildman–Crippen LogP) is 1.72. The van der Waals surface area contributed by atoms with Gasteiger partial charge in [-0.2, -0.15) is 5.10 Å². The first-order valence-corrected chi connectivity index (χ1v) is 4.05. The number of rotatable bonds is 0. The molecule has 2 aromatic rings. The third kappa shape index (κ3) is 1.02. The highest BCUT2D eigenvalue weighted by atomic mass is 19.1. The minimum atomic E-state index is -0.261. The van der Waals surface area contributed by atoms with Gasteiger partial charge in [-0.3, -0.25) is 9.67 Å². The van der Waals surface area contributed by atoms with Crippen LogP contribution >= 0.6 is 0 Å². The summed E-state index contributed by atoms with van der Waals surface area (Å²) in [5.74, 6) is -0.261. The van der Waals surface area contributed by atoms with Crippen LogP contribution in [0.5, 0.6) is 0 Å². The third-order valence-electron chi connectivity index (χ3n) is 2.18. The monoisotopic (exact) mass is 179 g/mol. The van der Waals surface area contributed by atoms with Gasteiger partial charge in [-0.25, -0.2) is 4.39 Å². The highest BCUT2D eigenvalue weighted by Gasteiger charge is 2.12. The van der Waals surface area contributed by atoms with Crippen molar-refractivity contribution in [2.45, 2.75) is 13.8 Å². The first kappa shape index (κ1) is 8.16. The molecule has 0 spiro atoms. The first-order chi connectivity index (χ1) is 6.11. The van der Waals surface area contributed by atoms with Gasteiger partial charge in [0, 0.05) is 7.05 Å². The Morgan fingerprint density at radius 2 is 2.00 bits per heavy atom. The lowest BCUT2D eigenvalue weighted by atomic mass is 10.2. The first-order valence-electron chi connectivity index (χ1n) is 4.05.